The van der Waals surface area contributed by atoms with Gasteiger partial charge in [-0.25, -0.2) is 0 Å². The molecule has 1 aromatic heterocycles. The number of aromatic amines is 1. The average Bonchev–Trinajstić information content (AvgIpc) is 2.61. The molecule has 0 radical (unpaired) electrons. The zero-order chi connectivity index (χ0) is 11.5. The number of rotatable bonds is 2. The Bertz CT molecular complexity index is 502. The molecule has 0 saturated heterocycles. The molecule has 0 bridgehead atoms. The standard InChI is InChI=1S/C12H13N3O/c1-8-9(2)14-15-11(8)12(16)13-10-6-4-3-5-7-10/h3-7H,1-2H3,(H,13,16)(H,14,15). The highest BCUT2D eigenvalue weighted by molar-refractivity contribution is 6.03. The number of aromatic nitrogens is 2. The lowest BCUT2D eigenvalue weighted by Crippen LogP contribution is -2.13. The van der Waals surface area contributed by atoms with E-state index >= 15 is 0 Å². The normalized spacial score (nSPS) is 10.1. The minimum absolute atomic E-state index is 0.187. The highest BCUT2D eigenvalue weighted by Crippen LogP contribution is 2.11. The van der Waals surface area contributed by atoms with Gasteiger partial charge in [-0.15, -0.1) is 0 Å². The van der Waals surface area contributed by atoms with Crippen molar-refractivity contribution in [2.24, 2.45) is 0 Å². The van der Waals surface area contributed by atoms with E-state index in [0.29, 0.717) is 5.69 Å². The number of nitrogens with one attached hydrogen (secondary N) is 2. The van der Waals surface area contributed by atoms with Gasteiger partial charge < -0.3 is 5.32 Å². The van der Waals surface area contributed by atoms with Crippen LogP contribution in [-0.4, -0.2) is 16.1 Å². The van der Waals surface area contributed by atoms with E-state index in [2.05, 4.69) is 15.5 Å². The summed E-state index contributed by atoms with van der Waals surface area (Å²) in [5.41, 5.74) is 3.01. The molecule has 2 aromatic rings. The van der Waals surface area contributed by atoms with Crippen LogP contribution in [0.4, 0.5) is 5.69 Å². The molecule has 1 amide bonds. The molecule has 0 aliphatic carbocycles. The van der Waals surface area contributed by atoms with E-state index in [9.17, 15) is 4.79 Å². The second-order valence-electron chi connectivity index (χ2n) is 3.64. The first kappa shape index (κ1) is 10.4. The smallest absolute Gasteiger partial charge is 0.276 e. The summed E-state index contributed by atoms with van der Waals surface area (Å²) < 4.78 is 0. The monoisotopic (exact) mass is 215 g/mol. The largest absolute Gasteiger partial charge is 0.321 e. The van der Waals surface area contributed by atoms with Crippen LogP contribution in [0.15, 0.2) is 30.3 Å². The number of H-pyrrole nitrogens is 1. The Balaban J connectivity index is 2.18. The number of nitrogens with zero attached hydrogens (tertiary/aromatic N) is 1. The fourth-order valence-electron chi connectivity index (χ4n) is 1.42. The number of hydrogen-bond acceptors (Lipinski definition) is 2. The second kappa shape index (κ2) is 4.18. The number of carbonyl (C=O) groups excluding carboxylic acids is 1. The van der Waals surface area contributed by atoms with Crippen molar-refractivity contribution >= 4 is 11.6 Å². The molecule has 4 nitrogen and oxygen atoms in total. The summed E-state index contributed by atoms with van der Waals surface area (Å²) in [5, 5.41) is 9.56. The molecule has 2 N–H and O–H groups in total. The molecule has 1 heterocycles. The number of carbonyl (C=O) groups is 1. The Morgan fingerprint density at radius 2 is 1.94 bits per heavy atom. The lowest BCUT2D eigenvalue weighted by atomic mass is 10.2. The van der Waals surface area contributed by atoms with Crippen LogP contribution in [0, 0.1) is 13.8 Å². The molecular formula is C12H13N3O. The van der Waals surface area contributed by atoms with Crippen LogP contribution in [0.1, 0.15) is 21.7 Å². The first-order valence-electron chi connectivity index (χ1n) is 5.06. The zero-order valence-electron chi connectivity index (χ0n) is 9.24. The van der Waals surface area contributed by atoms with Crippen LogP contribution in [-0.2, 0) is 0 Å². The number of hydrogen-bond donors (Lipinski definition) is 2. The Hall–Kier alpha value is -2.10. The molecule has 16 heavy (non-hydrogen) atoms. The van der Waals surface area contributed by atoms with E-state index in [1.807, 2.05) is 44.2 Å². The first-order valence-corrected chi connectivity index (χ1v) is 5.06. The van der Waals surface area contributed by atoms with Gasteiger partial charge in [0.05, 0.1) is 0 Å². The predicted octanol–water partition coefficient (Wildman–Crippen LogP) is 2.28. The number of benzene rings is 1. The van der Waals surface area contributed by atoms with Crippen LogP contribution in [0.5, 0.6) is 0 Å². The SMILES string of the molecule is Cc1[nH]nc(C(=O)Nc2ccccc2)c1C. The summed E-state index contributed by atoms with van der Waals surface area (Å²) in [6.45, 7) is 3.76. The molecular weight excluding hydrogens is 202 g/mol. The summed E-state index contributed by atoms with van der Waals surface area (Å²) in [4.78, 5) is 11.9. The Kier molecular flexibility index (Phi) is 2.72. The van der Waals surface area contributed by atoms with Gasteiger partial charge in [-0.05, 0) is 26.0 Å². The molecule has 0 saturated carbocycles. The Morgan fingerprint density at radius 1 is 1.25 bits per heavy atom. The maximum absolute atomic E-state index is 11.9. The topological polar surface area (TPSA) is 57.8 Å². The molecule has 82 valence electrons. The average molecular weight is 215 g/mol. The summed E-state index contributed by atoms with van der Waals surface area (Å²) >= 11 is 0. The van der Waals surface area contributed by atoms with Gasteiger partial charge in [0.15, 0.2) is 5.69 Å². The van der Waals surface area contributed by atoms with E-state index < -0.39 is 0 Å². The predicted molar refractivity (Wildman–Crippen MR) is 62.5 cm³/mol. The Morgan fingerprint density at radius 3 is 2.50 bits per heavy atom. The lowest BCUT2D eigenvalue weighted by molar-refractivity contribution is 0.102. The van der Waals surface area contributed by atoms with E-state index in [-0.39, 0.29) is 5.91 Å². The summed E-state index contributed by atoms with van der Waals surface area (Å²) in [7, 11) is 0. The summed E-state index contributed by atoms with van der Waals surface area (Å²) in [6.07, 6.45) is 0. The van der Waals surface area contributed by atoms with Gasteiger partial charge in [-0.2, -0.15) is 5.10 Å². The first-order chi connectivity index (χ1) is 7.68. The van der Waals surface area contributed by atoms with Gasteiger partial charge in [0, 0.05) is 16.9 Å². The van der Waals surface area contributed by atoms with Crippen molar-refractivity contribution < 1.29 is 4.79 Å². The number of amides is 1. The quantitative estimate of drug-likeness (QED) is 0.807. The molecule has 0 aliphatic rings. The fourth-order valence-corrected chi connectivity index (χ4v) is 1.42. The number of para-hydroxylation sites is 1. The van der Waals surface area contributed by atoms with Gasteiger partial charge in [0.2, 0.25) is 0 Å². The summed E-state index contributed by atoms with van der Waals surface area (Å²) in [5.74, 6) is -0.187. The highest BCUT2D eigenvalue weighted by Gasteiger charge is 2.13. The maximum Gasteiger partial charge on any atom is 0.276 e. The van der Waals surface area contributed by atoms with Crippen molar-refractivity contribution in [1.82, 2.24) is 10.2 Å². The molecule has 1 aromatic carbocycles. The van der Waals surface area contributed by atoms with Gasteiger partial charge in [0.25, 0.3) is 5.91 Å². The third-order valence-electron chi connectivity index (χ3n) is 2.50. The van der Waals surface area contributed by atoms with Crippen LogP contribution < -0.4 is 5.32 Å². The van der Waals surface area contributed by atoms with Gasteiger partial charge >= 0.3 is 0 Å². The maximum atomic E-state index is 11.9. The van der Waals surface area contributed by atoms with Crippen molar-refractivity contribution in [3.8, 4) is 0 Å². The lowest BCUT2D eigenvalue weighted by Gasteiger charge is -2.02. The van der Waals surface area contributed by atoms with Gasteiger partial charge in [-0.1, -0.05) is 18.2 Å². The minimum Gasteiger partial charge on any atom is -0.321 e. The van der Waals surface area contributed by atoms with Crippen molar-refractivity contribution in [2.75, 3.05) is 5.32 Å². The van der Waals surface area contributed by atoms with Crippen LogP contribution in [0.3, 0.4) is 0 Å². The molecule has 0 aliphatic heterocycles. The van der Waals surface area contributed by atoms with E-state index in [4.69, 9.17) is 0 Å². The number of anilines is 1. The van der Waals surface area contributed by atoms with Crippen molar-refractivity contribution in [1.29, 1.82) is 0 Å². The summed E-state index contributed by atoms with van der Waals surface area (Å²) in [6, 6.07) is 9.33. The van der Waals surface area contributed by atoms with Crippen molar-refractivity contribution in [3.63, 3.8) is 0 Å². The molecule has 0 fully saturated rings. The van der Waals surface area contributed by atoms with Gasteiger partial charge in [0.1, 0.15) is 0 Å². The minimum atomic E-state index is -0.187. The molecule has 0 atom stereocenters. The van der Waals surface area contributed by atoms with Gasteiger partial charge in [-0.3, -0.25) is 9.89 Å². The molecule has 4 heteroatoms. The van der Waals surface area contributed by atoms with Crippen molar-refractivity contribution in [3.05, 3.63) is 47.3 Å². The Labute approximate surface area is 93.7 Å². The highest BCUT2D eigenvalue weighted by atomic mass is 16.1. The fraction of sp³-hybridized carbons (Fsp3) is 0.167. The molecule has 2 rings (SSSR count). The van der Waals surface area contributed by atoms with E-state index in [1.165, 1.54) is 0 Å². The molecule has 0 spiro atoms. The van der Waals surface area contributed by atoms with Crippen LogP contribution in [0.2, 0.25) is 0 Å². The zero-order valence-corrected chi connectivity index (χ0v) is 9.24. The molecule has 0 unspecified atom stereocenters. The number of aryl methyl sites for hydroxylation is 1. The third-order valence-corrected chi connectivity index (χ3v) is 2.50. The van der Waals surface area contributed by atoms with E-state index in [0.717, 1.165) is 16.9 Å². The third kappa shape index (κ3) is 1.95. The second-order valence-corrected chi connectivity index (χ2v) is 3.64. The van der Waals surface area contributed by atoms with Crippen LogP contribution >= 0.6 is 0 Å². The van der Waals surface area contributed by atoms with Crippen LogP contribution in [0.25, 0.3) is 0 Å². The van der Waals surface area contributed by atoms with Crippen molar-refractivity contribution in [2.45, 2.75) is 13.8 Å². The van der Waals surface area contributed by atoms with E-state index in [1.54, 1.807) is 0 Å².